The van der Waals surface area contributed by atoms with Crippen LogP contribution in [0.4, 0.5) is 17.1 Å². The van der Waals surface area contributed by atoms with Crippen LogP contribution in [0.1, 0.15) is 0 Å². The average Bonchev–Trinajstić information content (AvgIpc) is 2.78. The molecule has 0 saturated carbocycles. The molecule has 1 heterocycles. The molecule has 0 amide bonds. The summed E-state index contributed by atoms with van der Waals surface area (Å²) in [6.45, 7) is 0. The van der Waals surface area contributed by atoms with Gasteiger partial charge in [0, 0.05) is 22.4 Å². The summed E-state index contributed by atoms with van der Waals surface area (Å²) < 4.78 is 65.6. The minimum Gasteiger partial charge on any atom is -0.505 e. The second-order valence-corrected chi connectivity index (χ2v) is 10.7. The number of rotatable bonds is 5. The third-order valence-electron chi connectivity index (χ3n) is 4.87. The molecule has 0 fully saturated rings. The van der Waals surface area contributed by atoms with Crippen molar-refractivity contribution in [3.8, 4) is 17.0 Å². The first kappa shape index (κ1) is 25.7. The molecule has 1 aromatic heterocycles. The van der Waals surface area contributed by atoms with Crippen LogP contribution in [-0.4, -0.2) is 41.0 Å². The number of phenols is 1. The molecule has 4 aromatic rings. The maximum Gasteiger partial charge on any atom is 0.298 e. The number of anilines is 1. The zero-order chi connectivity index (χ0) is 26.4. The van der Waals surface area contributed by atoms with Crippen LogP contribution in [0.25, 0.3) is 22.0 Å². The first-order chi connectivity index (χ1) is 16.8. The van der Waals surface area contributed by atoms with E-state index in [1.807, 2.05) is 0 Å². The summed E-state index contributed by atoms with van der Waals surface area (Å²) in [5.74, 6) is -0.657. The second-order valence-electron chi connectivity index (χ2n) is 7.19. The molecule has 36 heavy (non-hydrogen) atoms. The summed E-state index contributed by atoms with van der Waals surface area (Å²) in [4.78, 5) is 6.50. The number of fused-ring (bicyclic) bond motifs is 1. The SMILES string of the molecule is Nc1c(S(=O)(=O)O)c(N=Nc2ccc(S(=O)(=O)O)cc2)c(O)c2ccc(-c3cc(Cl)nc(Cl)n3)cc12. The Morgan fingerprint density at radius 2 is 1.50 bits per heavy atom. The molecule has 0 unspecified atom stereocenters. The minimum absolute atomic E-state index is 0.0367. The highest BCUT2D eigenvalue weighted by molar-refractivity contribution is 7.86. The van der Waals surface area contributed by atoms with Gasteiger partial charge in [0.25, 0.3) is 20.2 Å². The van der Waals surface area contributed by atoms with Crippen LogP contribution in [0.15, 0.2) is 68.6 Å². The molecule has 0 bridgehead atoms. The molecule has 12 nitrogen and oxygen atoms in total. The molecule has 16 heteroatoms. The zero-order valence-corrected chi connectivity index (χ0v) is 20.7. The molecular formula is C20H13Cl2N5O7S2. The van der Waals surface area contributed by atoms with Gasteiger partial charge in [0.2, 0.25) is 5.28 Å². The van der Waals surface area contributed by atoms with Gasteiger partial charge in [0.05, 0.1) is 22.0 Å². The lowest BCUT2D eigenvalue weighted by Gasteiger charge is -2.13. The van der Waals surface area contributed by atoms with E-state index in [1.54, 1.807) is 0 Å². The molecule has 0 aliphatic carbocycles. The zero-order valence-electron chi connectivity index (χ0n) is 17.5. The van der Waals surface area contributed by atoms with E-state index in [4.69, 9.17) is 33.5 Å². The first-order valence-electron chi connectivity index (χ1n) is 9.51. The highest BCUT2D eigenvalue weighted by atomic mass is 35.5. The molecule has 0 radical (unpaired) electrons. The third kappa shape index (κ3) is 5.09. The molecule has 5 N–H and O–H groups in total. The number of hydrogen-bond donors (Lipinski definition) is 4. The lowest BCUT2D eigenvalue weighted by molar-refractivity contribution is 0.472. The largest absolute Gasteiger partial charge is 0.505 e. The minimum atomic E-state index is -5.02. The monoisotopic (exact) mass is 569 g/mol. The summed E-state index contributed by atoms with van der Waals surface area (Å²) in [5.41, 5.74) is 5.72. The van der Waals surface area contributed by atoms with E-state index in [-0.39, 0.29) is 32.6 Å². The van der Waals surface area contributed by atoms with Crippen molar-refractivity contribution >= 4 is 71.3 Å². The van der Waals surface area contributed by atoms with E-state index in [0.29, 0.717) is 5.56 Å². The molecule has 0 atom stereocenters. The Morgan fingerprint density at radius 1 is 0.833 bits per heavy atom. The lowest BCUT2D eigenvalue weighted by atomic mass is 10.0. The number of nitrogens with two attached hydrogens (primary N) is 1. The summed E-state index contributed by atoms with van der Waals surface area (Å²) in [7, 11) is -9.46. The van der Waals surface area contributed by atoms with Crippen molar-refractivity contribution in [2.75, 3.05) is 5.73 Å². The van der Waals surface area contributed by atoms with Gasteiger partial charge in [-0.1, -0.05) is 17.7 Å². The molecule has 0 aliphatic rings. The van der Waals surface area contributed by atoms with Crippen molar-refractivity contribution in [1.82, 2.24) is 9.97 Å². The Hall–Kier alpha value is -3.40. The molecule has 0 aliphatic heterocycles. The average molecular weight is 570 g/mol. The maximum absolute atomic E-state index is 12.2. The predicted molar refractivity (Wildman–Crippen MR) is 131 cm³/mol. The van der Waals surface area contributed by atoms with Crippen LogP contribution in [0, 0.1) is 0 Å². The van der Waals surface area contributed by atoms with Gasteiger partial charge in [-0.25, -0.2) is 9.97 Å². The van der Waals surface area contributed by atoms with E-state index in [1.165, 1.54) is 36.4 Å². The summed E-state index contributed by atoms with van der Waals surface area (Å²) >= 11 is 11.8. The predicted octanol–water partition coefficient (Wildman–Crippen LogP) is 4.80. The highest BCUT2D eigenvalue weighted by Gasteiger charge is 2.27. The van der Waals surface area contributed by atoms with E-state index in [0.717, 1.165) is 12.1 Å². The number of halogens is 2. The number of benzene rings is 3. The van der Waals surface area contributed by atoms with Crippen LogP contribution >= 0.6 is 23.2 Å². The van der Waals surface area contributed by atoms with Crippen molar-refractivity contribution < 1.29 is 31.0 Å². The lowest BCUT2D eigenvalue weighted by Crippen LogP contribution is -2.05. The van der Waals surface area contributed by atoms with Crippen LogP contribution in [-0.2, 0) is 20.2 Å². The van der Waals surface area contributed by atoms with Crippen molar-refractivity contribution in [3.63, 3.8) is 0 Å². The summed E-state index contributed by atoms with van der Waals surface area (Å²) in [5, 5.41) is 18.4. The normalized spacial score (nSPS) is 12.4. The molecule has 0 spiro atoms. The number of aromatic nitrogens is 2. The van der Waals surface area contributed by atoms with E-state index < -0.39 is 47.2 Å². The van der Waals surface area contributed by atoms with Crippen molar-refractivity contribution in [2.24, 2.45) is 10.2 Å². The fraction of sp³-hybridized carbons (Fsp3) is 0. The van der Waals surface area contributed by atoms with Crippen molar-refractivity contribution in [3.05, 3.63) is 59.0 Å². The number of nitrogen functional groups attached to an aromatic ring is 1. The quantitative estimate of drug-likeness (QED) is 0.0644. The van der Waals surface area contributed by atoms with Gasteiger partial charge >= 0.3 is 0 Å². The van der Waals surface area contributed by atoms with Crippen LogP contribution in [0.3, 0.4) is 0 Å². The standard InChI is InChI=1S/C20H13Cl2N5O7S2/c21-15-8-14(24-20(22)25-15)9-1-6-12-13(7-9)16(23)19(36(32,33)34)17(18(12)28)27-26-10-2-4-11(5-3-10)35(29,30)31/h1-8,28H,23H2,(H,29,30,31)(H,32,33,34). The topological polar surface area (TPSA) is 205 Å². The number of hydrogen-bond acceptors (Lipinski definition) is 10. The van der Waals surface area contributed by atoms with Gasteiger partial charge in [-0.2, -0.15) is 21.9 Å². The van der Waals surface area contributed by atoms with Crippen LogP contribution < -0.4 is 5.73 Å². The van der Waals surface area contributed by atoms with Gasteiger partial charge in [0.15, 0.2) is 11.4 Å². The Balaban J connectivity index is 1.90. The smallest absolute Gasteiger partial charge is 0.298 e. The first-order valence-corrected chi connectivity index (χ1v) is 13.1. The molecule has 3 aromatic carbocycles. The van der Waals surface area contributed by atoms with Gasteiger partial charge < -0.3 is 10.8 Å². The molecule has 186 valence electrons. The number of aromatic hydroxyl groups is 1. The van der Waals surface area contributed by atoms with E-state index >= 15 is 0 Å². The van der Waals surface area contributed by atoms with Crippen LogP contribution in [0.5, 0.6) is 5.75 Å². The molecule has 0 saturated heterocycles. The fourth-order valence-corrected chi connectivity index (χ4v) is 4.96. The van der Waals surface area contributed by atoms with Gasteiger partial charge in [-0.05, 0) is 48.0 Å². The Kier molecular flexibility index (Phi) is 6.59. The number of azo groups is 1. The van der Waals surface area contributed by atoms with E-state index in [2.05, 4.69) is 20.2 Å². The van der Waals surface area contributed by atoms with Crippen LogP contribution in [0.2, 0.25) is 10.4 Å². The number of phenolic OH excluding ortho intramolecular Hbond substituents is 1. The Labute approximate surface area is 213 Å². The highest BCUT2D eigenvalue weighted by Crippen LogP contribution is 2.46. The van der Waals surface area contributed by atoms with Crippen molar-refractivity contribution in [2.45, 2.75) is 9.79 Å². The Bertz CT molecular complexity index is 1760. The maximum atomic E-state index is 12.2. The third-order valence-corrected chi connectivity index (χ3v) is 7.03. The second kappa shape index (κ2) is 9.24. The molecular weight excluding hydrogens is 557 g/mol. The fourth-order valence-electron chi connectivity index (χ4n) is 3.30. The van der Waals surface area contributed by atoms with Crippen molar-refractivity contribution in [1.29, 1.82) is 0 Å². The van der Waals surface area contributed by atoms with Gasteiger partial charge in [0.1, 0.15) is 10.0 Å². The van der Waals surface area contributed by atoms with Gasteiger partial charge in [-0.3, -0.25) is 9.11 Å². The number of nitrogens with zero attached hydrogens (tertiary/aromatic N) is 4. The van der Waals surface area contributed by atoms with E-state index in [9.17, 15) is 26.5 Å². The Morgan fingerprint density at radius 3 is 2.08 bits per heavy atom. The summed E-state index contributed by atoms with van der Waals surface area (Å²) in [6.07, 6.45) is 0. The summed E-state index contributed by atoms with van der Waals surface area (Å²) in [6, 6.07) is 10.2. The van der Waals surface area contributed by atoms with Gasteiger partial charge in [-0.15, -0.1) is 5.11 Å². The molecule has 4 rings (SSSR count).